The highest BCUT2D eigenvalue weighted by molar-refractivity contribution is 6.24. The van der Waals surface area contributed by atoms with Crippen LogP contribution in [-0.4, -0.2) is 0 Å². The van der Waals surface area contributed by atoms with Crippen LogP contribution in [0.3, 0.4) is 0 Å². The van der Waals surface area contributed by atoms with Gasteiger partial charge in [0.15, 0.2) is 0 Å². The Morgan fingerprint density at radius 1 is 0.396 bits per heavy atom. The summed E-state index contributed by atoms with van der Waals surface area (Å²) in [5.41, 5.74) is -1.33. The van der Waals surface area contributed by atoms with E-state index in [1.807, 2.05) is 54.6 Å². The molecule has 1 aromatic heterocycles. The van der Waals surface area contributed by atoms with E-state index in [1.54, 1.807) is 18.2 Å². The Hall–Kier alpha value is -6.38. The summed E-state index contributed by atoms with van der Waals surface area (Å²) in [6.07, 6.45) is 0. The van der Waals surface area contributed by atoms with Gasteiger partial charge in [-0.3, -0.25) is 0 Å². The van der Waals surface area contributed by atoms with Gasteiger partial charge in [0.25, 0.3) is 0 Å². The number of hydrogen-bond acceptors (Lipinski definition) is 2. The molecule has 0 unspecified atom stereocenters. The third kappa shape index (κ3) is 4.83. The topological polar surface area (TPSA) is 16.4 Å². The number of fused-ring (bicyclic) bond motifs is 5. The molecule has 2 nitrogen and oxygen atoms in total. The van der Waals surface area contributed by atoms with Gasteiger partial charge in [-0.25, -0.2) is 0 Å². The molecule has 0 bridgehead atoms. The summed E-state index contributed by atoms with van der Waals surface area (Å²) < 4.78 is 166. The fourth-order valence-electron chi connectivity index (χ4n) is 5.90. The van der Waals surface area contributed by atoms with Crippen molar-refractivity contribution in [1.29, 1.82) is 0 Å². The lowest BCUT2D eigenvalue weighted by molar-refractivity contribution is 0.669. The van der Waals surface area contributed by atoms with Crippen LogP contribution < -0.4 is 4.90 Å². The lowest BCUT2D eigenvalue weighted by Gasteiger charge is -2.27. The van der Waals surface area contributed by atoms with Gasteiger partial charge in [-0.1, -0.05) is 145 Å². The number of nitrogens with zero attached hydrogens (tertiary/aromatic N) is 1. The average molecular weight is 632 g/mol. The van der Waals surface area contributed by atoms with E-state index in [2.05, 4.69) is 0 Å². The van der Waals surface area contributed by atoms with Crippen molar-refractivity contribution in [3.63, 3.8) is 0 Å². The van der Waals surface area contributed by atoms with Crippen molar-refractivity contribution in [3.8, 4) is 33.4 Å². The lowest BCUT2D eigenvalue weighted by atomic mass is 9.95. The molecular weight excluding hydrogens is 583 g/mol. The second-order valence-electron chi connectivity index (χ2n) is 10.7. The molecule has 8 aromatic carbocycles. The highest BCUT2D eigenvalue weighted by Gasteiger charge is 2.21. The first-order valence-electron chi connectivity index (χ1n) is 23.9. The monoisotopic (exact) mass is 631 g/mol. The first kappa shape index (κ1) is 15.0. The molecule has 0 N–H and O–H groups in total. The van der Waals surface area contributed by atoms with Crippen LogP contribution >= 0.6 is 0 Å². The van der Waals surface area contributed by atoms with Gasteiger partial charge in [-0.05, 0) is 86.5 Å². The molecule has 1 heterocycles. The lowest BCUT2D eigenvalue weighted by Crippen LogP contribution is -2.10. The molecule has 0 atom stereocenters. The molecule has 0 saturated carbocycles. The molecule has 2 heteroatoms. The summed E-state index contributed by atoms with van der Waals surface area (Å²) in [6, 6.07) is 8.96. The molecule has 226 valence electrons. The van der Waals surface area contributed by atoms with Gasteiger partial charge in [-0.2, -0.15) is 0 Å². The summed E-state index contributed by atoms with van der Waals surface area (Å²) in [5.74, 6) is 0. The number of rotatable bonds is 6. The molecule has 0 saturated heterocycles. The third-order valence-corrected chi connectivity index (χ3v) is 7.99. The number of furan rings is 1. The second kappa shape index (κ2) is 11.8. The number of benzene rings is 8. The minimum absolute atomic E-state index is 0.00316. The molecule has 0 amide bonds. The molecule has 0 spiro atoms. The normalized spacial score (nSPS) is 16.6. The van der Waals surface area contributed by atoms with Gasteiger partial charge in [0.1, 0.15) is 11.2 Å². The van der Waals surface area contributed by atoms with E-state index in [-0.39, 0.29) is 11.3 Å². The van der Waals surface area contributed by atoms with Crippen LogP contribution in [0.5, 0.6) is 0 Å². The summed E-state index contributed by atoms with van der Waals surface area (Å²) >= 11 is 0. The molecule has 48 heavy (non-hydrogen) atoms. The second-order valence-corrected chi connectivity index (χ2v) is 10.7. The van der Waals surface area contributed by atoms with Crippen LogP contribution in [0.4, 0.5) is 17.1 Å². The van der Waals surface area contributed by atoms with Crippen molar-refractivity contribution < 1.29 is 29.1 Å². The predicted molar refractivity (Wildman–Crippen MR) is 202 cm³/mol. The Morgan fingerprint density at radius 2 is 0.958 bits per heavy atom. The Labute approximate surface area is 305 Å². The highest BCUT2D eigenvalue weighted by Crippen LogP contribution is 2.46. The molecular formula is C46H31NO. The zero-order chi connectivity index (χ0) is 47.5. The molecule has 0 aliphatic heterocycles. The largest absolute Gasteiger partial charge is 0.456 e. The van der Waals surface area contributed by atoms with Crippen LogP contribution in [0.1, 0.15) is 24.7 Å². The van der Waals surface area contributed by atoms with Crippen LogP contribution in [0.2, 0.25) is 0 Å². The number of anilines is 3. The summed E-state index contributed by atoms with van der Waals surface area (Å²) in [7, 11) is 0. The van der Waals surface area contributed by atoms with Crippen molar-refractivity contribution in [3.05, 3.63) is 188 Å². The van der Waals surface area contributed by atoms with E-state index in [1.165, 1.54) is 6.07 Å². The third-order valence-electron chi connectivity index (χ3n) is 7.99. The van der Waals surface area contributed by atoms with Crippen LogP contribution in [-0.2, 0) is 0 Å². The van der Waals surface area contributed by atoms with Crippen LogP contribution in [0, 0.1) is 0 Å². The average Bonchev–Trinajstić information content (AvgIpc) is 3.72. The van der Waals surface area contributed by atoms with Crippen LogP contribution in [0.15, 0.2) is 192 Å². The van der Waals surface area contributed by atoms with Crippen molar-refractivity contribution in [2.75, 3.05) is 4.90 Å². The van der Waals surface area contributed by atoms with Gasteiger partial charge in [0.2, 0.25) is 0 Å². The fraction of sp³-hybridized carbons (Fsp3) is 0. The van der Waals surface area contributed by atoms with E-state index in [0.29, 0.717) is 21.7 Å². The predicted octanol–water partition coefficient (Wildman–Crippen LogP) is 13.2. The van der Waals surface area contributed by atoms with Gasteiger partial charge in [0, 0.05) is 16.8 Å². The SMILES string of the molecule is [2H]c1c([2H])c([2H])c(-c2c([2H])c([2H])c(N(c3c([2H])c([2H])c(-c4c([2H])c([2H])c([2H])c([2H])c4[2H])c([2H])c3[2H])c3cccc4oc5ccc6c(-c7ccccc7)cccc6c5c34)c([2H])c2[2H])c([2H])c1[2H]. The summed E-state index contributed by atoms with van der Waals surface area (Å²) in [6.45, 7) is 0. The Balaban J connectivity index is 1.44. The summed E-state index contributed by atoms with van der Waals surface area (Å²) in [5, 5.41) is 2.26. The summed E-state index contributed by atoms with van der Waals surface area (Å²) in [4.78, 5) is 1.02. The smallest absolute Gasteiger partial charge is 0.137 e. The standard InChI is InChI=1S/C46H31NO/c1-4-12-32(13-5-1)34-22-26-37(27-23-34)47(38-28-24-35(25-29-38)33-14-6-2-7-15-33)42-20-11-21-43-46(42)45-41-19-10-18-39(36-16-8-3-9-17-36)40(41)30-31-44(45)48-43/h1-31H/i1D,2D,4D,5D,6D,7D,12D,13D,14D,15D,22D,23D,24D,25D,26D,27D,28D,29D. The first-order valence-corrected chi connectivity index (χ1v) is 14.9. The molecule has 9 rings (SSSR count). The van der Waals surface area contributed by atoms with Crippen molar-refractivity contribution in [2.45, 2.75) is 0 Å². The first-order chi connectivity index (χ1) is 31.3. The van der Waals surface area contributed by atoms with E-state index in [4.69, 9.17) is 18.1 Å². The van der Waals surface area contributed by atoms with Gasteiger partial charge in [-0.15, -0.1) is 0 Å². The maximum Gasteiger partial charge on any atom is 0.137 e. The quantitative estimate of drug-likeness (QED) is 0.182. The van der Waals surface area contributed by atoms with E-state index < -0.39 is 142 Å². The van der Waals surface area contributed by atoms with Gasteiger partial charge < -0.3 is 9.32 Å². The molecule has 9 aromatic rings. The minimum atomic E-state index is -0.859. The number of hydrogen-bond donors (Lipinski definition) is 0. The molecule has 0 radical (unpaired) electrons. The maximum atomic E-state index is 9.55. The zero-order valence-electron chi connectivity index (χ0n) is 42.9. The molecule has 0 aliphatic carbocycles. The van der Waals surface area contributed by atoms with Crippen molar-refractivity contribution in [1.82, 2.24) is 0 Å². The fourth-order valence-corrected chi connectivity index (χ4v) is 5.90. The molecule has 0 fully saturated rings. The molecule has 0 aliphatic rings. The van der Waals surface area contributed by atoms with Crippen LogP contribution in [0.25, 0.3) is 66.1 Å². The van der Waals surface area contributed by atoms with Crippen molar-refractivity contribution >= 4 is 49.8 Å². The highest BCUT2D eigenvalue weighted by atomic mass is 16.3. The zero-order valence-corrected chi connectivity index (χ0v) is 24.9. The van der Waals surface area contributed by atoms with E-state index >= 15 is 0 Å². The Kier molecular flexibility index (Phi) is 3.68. The van der Waals surface area contributed by atoms with E-state index in [0.717, 1.165) is 21.4 Å². The van der Waals surface area contributed by atoms with Crippen molar-refractivity contribution in [2.24, 2.45) is 0 Å². The van der Waals surface area contributed by atoms with Gasteiger partial charge >= 0.3 is 0 Å². The van der Waals surface area contributed by atoms with E-state index in [9.17, 15) is 11.0 Å². The Bertz CT molecular complexity index is 3340. The Morgan fingerprint density at radius 3 is 1.58 bits per heavy atom. The van der Waals surface area contributed by atoms with Gasteiger partial charge in [0.05, 0.1) is 35.7 Å². The minimum Gasteiger partial charge on any atom is -0.456 e. The maximum absolute atomic E-state index is 9.55.